The summed E-state index contributed by atoms with van der Waals surface area (Å²) in [6.45, 7) is 2.96. The van der Waals surface area contributed by atoms with Gasteiger partial charge in [0.25, 0.3) is 0 Å². The Hall–Kier alpha value is -1.88. The molecule has 0 saturated heterocycles. The van der Waals surface area contributed by atoms with Crippen LogP contribution in [0.1, 0.15) is 18.2 Å². The average molecular weight is 289 g/mol. The third-order valence-corrected chi connectivity index (χ3v) is 4.06. The van der Waals surface area contributed by atoms with Gasteiger partial charge in [0.1, 0.15) is 10.8 Å². The van der Waals surface area contributed by atoms with Gasteiger partial charge >= 0.3 is 5.97 Å². The number of ether oxygens (including phenoxy) is 2. The number of thiazole rings is 1. The molecule has 0 radical (unpaired) electrons. The normalized spacial score (nSPS) is 12.8. The summed E-state index contributed by atoms with van der Waals surface area (Å²) in [5, 5.41) is 2.84. The molecule has 2 aromatic rings. The number of aromatic nitrogens is 1. The van der Waals surface area contributed by atoms with Crippen LogP contribution in [0.4, 0.5) is 0 Å². The summed E-state index contributed by atoms with van der Waals surface area (Å²) in [5.74, 6) is 0.740. The van der Waals surface area contributed by atoms with Crippen molar-refractivity contribution < 1.29 is 14.3 Å². The zero-order valence-corrected chi connectivity index (χ0v) is 12.0. The highest BCUT2D eigenvalue weighted by Crippen LogP contribution is 2.31. The average Bonchev–Trinajstić information content (AvgIpc) is 3.06. The lowest BCUT2D eigenvalue weighted by Gasteiger charge is -2.01. The fraction of sp³-hybridized carbons (Fsp3) is 0.333. The van der Waals surface area contributed by atoms with Crippen molar-refractivity contribution in [2.75, 3.05) is 13.2 Å². The van der Waals surface area contributed by atoms with Gasteiger partial charge in [-0.15, -0.1) is 11.3 Å². The fourth-order valence-electron chi connectivity index (χ4n) is 2.20. The molecule has 0 bridgehead atoms. The van der Waals surface area contributed by atoms with Crippen LogP contribution >= 0.6 is 11.3 Å². The second-order valence-corrected chi connectivity index (χ2v) is 5.40. The minimum atomic E-state index is -0.230. The molecule has 0 spiro atoms. The summed E-state index contributed by atoms with van der Waals surface area (Å²) in [5.41, 5.74) is 3.07. The number of nitrogens with zero attached hydrogens (tertiary/aromatic N) is 1. The Morgan fingerprint density at radius 1 is 1.50 bits per heavy atom. The van der Waals surface area contributed by atoms with Crippen LogP contribution in [0.5, 0.6) is 5.75 Å². The van der Waals surface area contributed by atoms with Crippen LogP contribution in [-0.4, -0.2) is 24.2 Å². The number of fused-ring (bicyclic) bond motifs is 1. The topological polar surface area (TPSA) is 48.4 Å². The molecule has 1 aromatic heterocycles. The Kier molecular flexibility index (Phi) is 3.69. The number of carbonyl (C=O) groups is 1. The molecule has 2 heterocycles. The highest BCUT2D eigenvalue weighted by atomic mass is 32.1. The maximum absolute atomic E-state index is 11.4. The summed E-state index contributed by atoms with van der Waals surface area (Å²) in [7, 11) is 0. The second kappa shape index (κ2) is 5.63. The SMILES string of the molecule is CCOC(=O)Cc1csc(-c2ccc3c(c2)CCO3)n1. The molecule has 0 atom stereocenters. The molecule has 1 aromatic carbocycles. The zero-order valence-electron chi connectivity index (χ0n) is 11.2. The lowest BCUT2D eigenvalue weighted by molar-refractivity contribution is -0.142. The first-order valence-corrected chi connectivity index (χ1v) is 7.50. The van der Waals surface area contributed by atoms with Crippen LogP contribution in [0, 0.1) is 0 Å². The summed E-state index contributed by atoms with van der Waals surface area (Å²) in [6.07, 6.45) is 1.18. The molecule has 0 unspecified atom stereocenters. The van der Waals surface area contributed by atoms with Gasteiger partial charge in [0.15, 0.2) is 0 Å². The van der Waals surface area contributed by atoms with E-state index in [0.29, 0.717) is 6.61 Å². The predicted octanol–water partition coefficient (Wildman–Crippen LogP) is 2.85. The predicted molar refractivity (Wildman–Crippen MR) is 77.1 cm³/mol. The molecular weight excluding hydrogens is 274 g/mol. The lowest BCUT2D eigenvalue weighted by atomic mass is 10.1. The highest BCUT2D eigenvalue weighted by Gasteiger charge is 2.14. The van der Waals surface area contributed by atoms with Gasteiger partial charge in [0.05, 0.1) is 25.3 Å². The summed E-state index contributed by atoms with van der Waals surface area (Å²) in [6, 6.07) is 6.12. The van der Waals surface area contributed by atoms with Crippen molar-refractivity contribution >= 4 is 17.3 Å². The molecule has 1 aliphatic rings. The molecule has 0 amide bonds. The Bertz CT molecular complexity index is 636. The second-order valence-electron chi connectivity index (χ2n) is 4.55. The molecule has 0 N–H and O–H groups in total. The Morgan fingerprint density at radius 3 is 3.25 bits per heavy atom. The van der Waals surface area contributed by atoms with E-state index in [2.05, 4.69) is 11.1 Å². The molecule has 0 saturated carbocycles. The summed E-state index contributed by atoms with van der Waals surface area (Å²) >= 11 is 1.55. The zero-order chi connectivity index (χ0) is 13.9. The largest absolute Gasteiger partial charge is 0.493 e. The van der Waals surface area contributed by atoms with E-state index in [1.165, 1.54) is 5.56 Å². The Morgan fingerprint density at radius 2 is 2.40 bits per heavy atom. The molecule has 1 aliphatic heterocycles. The molecule has 20 heavy (non-hydrogen) atoms. The third-order valence-electron chi connectivity index (χ3n) is 3.12. The minimum Gasteiger partial charge on any atom is -0.493 e. The quantitative estimate of drug-likeness (QED) is 0.812. The third kappa shape index (κ3) is 2.67. The Balaban J connectivity index is 1.78. The molecule has 0 aliphatic carbocycles. The summed E-state index contributed by atoms with van der Waals surface area (Å²) in [4.78, 5) is 15.9. The van der Waals surface area contributed by atoms with Crippen LogP contribution in [-0.2, 0) is 22.4 Å². The highest BCUT2D eigenvalue weighted by molar-refractivity contribution is 7.13. The van der Waals surface area contributed by atoms with Crippen molar-refractivity contribution in [3.63, 3.8) is 0 Å². The molecule has 4 nitrogen and oxygen atoms in total. The fourth-order valence-corrected chi connectivity index (χ4v) is 3.02. The van der Waals surface area contributed by atoms with Crippen molar-refractivity contribution in [1.29, 1.82) is 0 Å². The van der Waals surface area contributed by atoms with E-state index in [1.807, 2.05) is 17.5 Å². The van der Waals surface area contributed by atoms with Crippen LogP contribution in [0.25, 0.3) is 10.6 Å². The number of benzene rings is 1. The van der Waals surface area contributed by atoms with Crippen molar-refractivity contribution in [3.8, 4) is 16.3 Å². The van der Waals surface area contributed by atoms with Crippen LogP contribution in [0.15, 0.2) is 23.6 Å². The number of esters is 1. The van der Waals surface area contributed by atoms with Gasteiger partial charge in [-0.2, -0.15) is 0 Å². The van der Waals surface area contributed by atoms with Gasteiger partial charge in [0.2, 0.25) is 0 Å². The molecular formula is C15H15NO3S. The van der Waals surface area contributed by atoms with E-state index >= 15 is 0 Å². The van der Waals surface area contributed by atoms with Crippen molar-refractivity contribution in [2.45, 2.75) is 19.8 Å². The van der Waals surface area contributed by atoms with E-state index in [-0.39, 0.29) is 12.4 Å². The maximum Gasteiger partial charge on any atom is 0.311 e. The van der Waals surface area contributed by atoms with E-state index < -0.39 is 0 Å². The van der Waals surface area contributed by atoms with Gasteiger partial charge in [-0.3, -0.25) is 4.79 Å². The summed E-state index contributed by atoms with van der Waals surface area (Å²) < 4.78 is 10.4. The monoisotopic (exact) mass is 289 g/mol. The number of carbonyl (C=O) groups excluding carboxylic acids is 1. The smallest absolute Gasteiger partial charge is 0.311 e. The minimum absolute atomic E-state index is 0.230. The molecule has 3 rings (SSSR count). The van der Waals surface area contributed by atoms with E-state index in [9.17, 15) is 4.79 Å². The first kappa shape index (κ1) is 13.1. The first-order chi connectivity index (χ1) is 9.76. The van der Waals surface area contributed by atoms with E-state index in [1.54, 1.807) is 18.3 Å². The van der Waals surface area contributed by atoms with Crippen LogP contribution < -0.4 is 4.74 Å². The Labute approximate surface area is 121 Å². The number of hydrogen-bond acceptors (Lipinski definition) is 5. The molecule has 0 fully saturated rings. The molecule has 5 heteroatoms. The van der Waals surface area contributed by atoms with Gasteiger partial charge < -0.3 is 9.47 Å². The maximum atomic E-state index is 11.4. The first-order valence-electron chi connectivity index (χ1n) is 6.62. The number of rotatable bonds is 4. The lowest BCUT2D eigenvalue weighted by Crippen LogP contribution is -2.07. The standard InChI is InChI=1S/C15H15NO3S/c1-2-18-14(17)8-12-9-20-15(16-12)11-3-4-13-10(7-11)5-6-19-13/h3-4,7,9H,2,5-6,8H2,1H3. The van der Waals surface area contributed by atoms with Gasteiger partial charge in [-0.05, 0) is 30.7 Å². The number of hydrogen-bond donors (Lipinski definition) is 0. The van der Waals surface area contributed by atoms with Crippen molar-refractivity contribution in [1.82, 2.24) is 4.98 Å². The van der Waals surface area contributed by atoms with E-state index in [0.717, 1.165) is 35.0 Å². The molecule has 104 valence electrons. The van der Waals surface area contributed by atoms with Crippen LogP contribution in [0.2, 0.25) is 0 Å². The van der Waals surface area contributed by atoms with Gasteiger partial charge in [-0.25, -0.2) is 4.98 Å². The van der Waals surface area contributed by atoms with Crippen LogP contribution in [0.3, 0.4) is 0 Å². The van der Waals surface area contributed by atoms with Gasteiger partial charge in [0, 0.05) is 17.4 Å². The van der Waals surface area contributed by atoms with Crippen molar-refractivity contribution in [2.24, 2.45) is 0 Å². The van der Waals surface area contributed by atoms with Crippen molar-refractivity contribution in [3.05, 3.63) is 34.8 Å². The van der Waals surface area contributed by atoms with E-state index in [4.69, 9.17) is 9.47 Å². The van der Waals surface area contributed by atoms with Gasteiger partial charge in [-0.1, -0.05) is 0 Å².